The molecule has 0 saturated heterocycles. The number of benzene rings is 8. The first kappa shape index (κ1) is 31.1. The van der Waals surface area contributed by atoms with Crippen molar-refractivity contribution in [3.63, 3.8) is 0 Å². The van der Waals surface area contributed by atoms with Gasteiger partial charge in [-0.3, -0.25) is 0 Å². The Labute approximate surface area is 309 Å². The van der Waals surface area contributed by atoms with Crippen LogP contribution in [0.3, 0.4) is 0 Å². The lowest BCUT2D eigenvalue weighted by Gasteiger charge is -2.16. The third-order valence-corrected chi connectivity index (χ3v) is 10.8. The first-order valence-electron chi connectivity index (χ1n) is 18.7. The topological polar surface area (TPSA) is 9.86 Å². The fraction of sp³-hybridized carbons (Fsp3) is 0.0588. The summed E-state index contributed by atoms with van der Waals surface area (Å²) in [5.74, 6) is 0. The van der Waals surface area contributed by atoms with Crippen molar-refractivity contribution >= 4 is 43.6 Å². The summed E-state index contributed by atoms with van der Waals surface area (Å²) in [6.45, 7) is 2.26. The van der Waals surface area contributed by atoms with E-state index in [4.69, 9.17) is 0 Å². The van der Waals surface area contributed by atoms with Gasteiger partial charge in [0.1, 0.15) is 0 Å². The molecule has 0 saturated carbocycles. The van der Waals surface area contributed by atoms with Crippen molar-refractivity contribution in [2.24, 2.45) is 0 Å². The molecule has 0 atom stereocenters. The summed E-state index contributed by atoms with van der Waals surface area (Å²) >= 11 is 0. The van der Waals surface area contributed by atoms with Crippen LogP contribution in [0.15, 0.2) is 188 Å². The van der Waals surface area contributed by atoms with Gasteiger partial charge in [-0.25, -0.2) is 0 Å². The van der Waals surface area contributed by atoms with Gasteiger partial charge in [-0.1, -0.05) is 153 Å². The number of aromatic nitrogens is 2. The van der Waals surface area contributed by atoms with E-state index in [1.54, 1.807) is 0 Å². The van der Waals surface area contributed by atoms with Crippen molar-refractivity contribution in [3.8, 4) is 44.8 Å². The van der Waals surface area contributed by atoms with E-state index in [-0.39, 0.29) is 0 Å². The second-order valence-corrected chi connectivity index (χ2v) is 14.0. The zero-order valence-electron chi connectivity index (χ0n) is 29.7. The molecule has 2 heteroatoms. The second kappa shape index (κ2) is 12.8. The van der Waals surface area contributed by atoms with Gasteiger partial charge in [0.25, 0.3) is 0 Å². The van der Waals surface area contributed by atoms with Gasteiger partial charge in [-0.15, -0.1) is 0 Å². The van der Waals surface area contributed by atoms with E-state index in [1.807, 2.05) is 0 Å². The number of para-hydroxylation sites is 2. The fourth-order valence-electron chi connectivity index (χ4n) is 8.42. The molecule has 0 spiro atoms. The minimum Gasteiger partial charge on any atom is -0.309 e. The number of fused-ring (bicyclic) bond motifs is 7. The van der Waals surface area contributed by atoms with Crippen molar-refractivity contribution in [2.75, 3.05) is 0 Å². The first-order valence-corrected chi connectivity index (χ1v) is 18.7. The third kappa shape index (κ3) is 5.18. The Bertz CT molecular complexity index is 2910. The van der Waals surface area contributed by atoms with Crippen LogP contribution in [0.5, 0.6) is 0 Å². The zero-order valence-corrected chi connectivity index (χ0v) is 29.7. The van der Waals surface area contributed by atoms with Crippen LogP contribution < -0.4 is 0 Å². The largest absolute Gasteiger partial charge is 0.309 e. The van der Waals surface area contributed by atoms with Crippen LogP contribution in [-0.2, 0) is 6.42 Å². The Balaban J connectivity index is 1.21. The number of hydrogen-bond acceptors (Lipinski definition) is 0. The summed E-state index contributed by atoms with van der Waals surface area (Å²) < 4.78 is 4.94. The van der Waals surface area contributed by atoms with Crippen LogP contribution in [-0.4, -0.2) is 9.13 Å². The highest BCUT2D eigenvalue weighted by Gasteiger charge is 2.22. The Morgan fingerprint density at radius 3 is 1.43 bits per heavy atom. The molecular weight excluding hydrogens is 641 g/mol. The standard InChI is InChI=1S/C51H38N2/c1-2-13-35-22-31-47(44(34-35)40-25-23-38(24-26-40)36-14-5-3-6-15-36)53-46-21-12-10-19-43(46)51-49(53)33-32-48-50(51)42-18-9-11-20-45(42)52(48)41-29-27-39(28-30-41)37-16-7-4-8-17-37/h3-12,14-34H,2,13H2,1H3. The van der Waals surface area contributed by atoms with E-state index < -0.39 is 0 Å². The van der Waals surface area contributed by atoms with Gasteiger partial charge in [-0.2, -0.15) is 0 Å². The van der Waals surface area contributed by atoms with E-state index in [9.17, 15) is 0 Å². The van der Waals surface area contributed by atoms with E-state index >= 15 is 0 Å². The molecule has 0 fully saturated rings. The highest BCUT2D eigenvalue weighted by atomic mass is 15.0. The second-order valence-electron chi connectivity index (χ2n) is 14.0. The highest BCUT2D eigenvalue weighted by molar-refractivity contribution is 6.29. The smallest absolute Gasteiger partial charge is 0.0549 e. The maximum absolute atomic E-state index is 2.50. The summed E-state index contributed by atoms with van der Waals surface area (Å²) in [6, 6.07) is 68.9. The molecule has 0 unspecified atom stereocenters. The predicted molar refractivity (Wildman–Crippen MR) is 225 cm³/mol. The molecule has 8 aromatic carbocycles. The molecule has 252 valence electrons. The lowest BCUT2D eigenvalue weighted by molar-refractivity contribution is 0.921. The zero-order chi connectivity index (χ0) is 35.3. The lowest BCUT2D eigenvalue weighted by Crippen LogP contribution is -1.99. The Kier molecular flexibility index (Phi) is 7.54. The van der Waals surface area contributed by atoms with Gasteiger partial charge in [0.2, 0.25) is 0 Å². The van der Waals surface area contributed by atoms with Crippen molar-refractivity contribution in [1.82, 2.24) is 9.13 Å². The molecule has 0 amide bonds. The molecule has 0 bridgehead atoms. The monoisotopic (exact) mass is 678 g/mol. The maximum Gasteiger partial charge on any atom is 0.0549 e. The number of nitrogens with zero attached hydrogens (tertiary/aromatic N) is 2. The average molecular weight is 679 g/mol. The number of aryl methyl sites for hydroxylation is 1. The van der Waals surface area contributed by atoms with E-state index in [0.29, 0.717) is 0 Å². The lowest BCUT2D eigenvalue weighted by atomic mass is 9.96. The van der Waals surface area contributed by atoms with Crippen molar-refractivity contribution in [1.29, 1.82) is 0 Å². The van der Waals surface area contributed by atoms with Gasteiger partial charge in [0.15, 0.2) is 0 Å². The maximum atomic E-state index is 2.50. The summed E-state index contributed by atoms with van der Waals surface area (Å²) in [5.41, 5.74) is 15.9. The average Bonchev–Trinajstić information content (AvgIpc) is 3.75. The van der Waals surface area contributed by atoms with Crippen molar-refractivity contribution in [2.45, 2.75) is 19.8 Å². The molecule has 2 nitrogen and oxygen atoms in total. The highest BCUT2D eigenvalue weighted by Crippen LogP contribution is 2.44. The molecule has 2 heterocycles. The molecule has 2 aromatic heterocycles. The number of hydrogen-bond donors (Lipinski definition) is 0. The summed E-state index contributed by atoms with van der Waals surface area (Å²) in [6.07, 6.45) is 2.16. The van der Waals surface area contributed by atoms with Crippen LogP contribution in [0.1, 0.15) is 18.9 Å². The molecule has 0 radical (unpaired) electrons. The van der Waals surface area contributed by atoms with Crippen LogP contribution in [0.2, 0.25) is 0 Å². The SMILES string of the molecule is CCCc1ccc(-n2c3ccccc3c3c4c5ccccc5n(-c5ccc(-c6ccccc6)cc5)c4ccc32)c(-c2ccc(-c3ccccc3)cc2)c1. The van der Waals surface area contributed by atoms with Gasteiger partial charge < -0.3 is 9.13 Å². The Morgan fingerprint density at radius 1 is 0.377 bits per heavy atom. The first-order chi connectivity index (χ1) is 26.3. The molecule has 53 heavy (non-hydrogen) atoms. The van der Waals surface area contributed by atoms with E-state index in [2.05, 4.69) is 204 Å². The number of rotatable bonds is 7. The molecule has 0 aliphatic rings. The minimum atomic E-state index is 1.05. The van der Waals surface area contributed by atoms with Crippen LogP contribution in [0.4, 0.5) is 0 Å². The summed E-state index contributed by atoms with van der Waals surface area (Å²) in [7, 11) is 0. The van der Waals surface area contributed by atoms with E-state index in [1.165, 1.54) is 88.2 Å². The molecule has 0 aliphatic carbocycles. The van der Waals surface area contributed by atoms with Gasteiger partial charge in [0, 0.05) is 32.8 Å². The fourth-order valence-corrected chi connectivity index (χ4v) is 8.42. The van der Waals surface area contributed by atoms with Gasteiger partial charge in [-0.05, 0) is 88.3 Å². The van der Waals surface area contributed by atoms with Crippen molar-refractivity contribution in [3.05, 3.63) is 194 Å². The van der Waals surface area contributed by atoms with Crippen molar-refractivity contribution < 1.29 is 0 Å². The van der Waals surface area contributed by atoms with E-state index in [0.717, 1.165) is 18.5 Å². The Hall–Kier alpha value is -6.64. The molecule has 10 rings (SSSR count). The minimum absolute atomic E-state index is 1.05. The summed E-state index contributed by atoms with van der Waals surface area (Å²) in [5, 5.41) is 5.10. The molecule has 0 N–H and O–H groups in total. The van der Waals surface area contributed by atoms with Gasteiger partial charge >= 0.3 is 0 Å². The normalized spacial score (nSPS) is 11.6. The quantitative estimate of drug-likeness (QED) is 0.159. The third-order valence-electron chi connectivity index (χ3n) is 10.8. The molecule has 0 aliphatic heterocycles. The molecular formula is C51H38N2. The van der Waals surface area contributed by atoms with Crippen LogP contribution in [0, 0.1) is 0 Å². The Morgan fingerprint density at radius 2 is 0.849 bits per heavy atom. The molecule has 10 aromatic rings. The van der Waals surface area contributed by atoms with Crippen LogP contribution >= 0.6 is 0 Å². The summed E-state index contributed by atoms with van der Waals surface area (Å²) in [4.78, 5) is 0. The predicted octanol–water partition coefficient (Wildman–Crippen LogP) is 13.8. The van der Waals surface area contributed by atoms with Crippen LogP contribution in [0.25, 0.3) is 88.4 Å². The van der Waals surface area contributed by atoms with Gasteiger partial charge in [0.05, 0.1) is 27.8 Å².